The molecule has 0 saturated carbocycles. The number of hydrogen-bond donors (Lipinski definition) is 1. The lowest BCUT2D eigenvalue weighted by molar-refractivity contribution is 0.0150. The molecule has 4 heteroatoms. The van der Waals surface area contributed by atoms with Crippen LogP contribution in [-0.4, -0.2) is 42.8 Å². The highest BCUT2D eigenvalue weighted by Crippen LogP contribution is 2.37. The molecule has 2 rings (SSSR count). The van der Waals surface area contributed by atoms with Gasteiger partial charge in [-0.25, -0.2) is 4.79 Å². The van der Waals surface area contributed by atoms with Crippen LogP contribution in [0.5, 0.6) is 0 Å². The summed E-state index contributed by atoms with van der Waals surface area (Å²) >= 11 is 0. The van der Waals surface area contributed by atoms with E-state index < -0.39 is 5.60 Å². The van der Waals surface area contributed by atoms with Gasteiger partial charge in [0.05, 0.1) is 0 Å². The molecule has 0 aliphatic carbocycles. The minimum absolute atomic E-state index is 0.132. The highest BCUT2D eigenvalue weighted by atomic mass is 16.6. The van der Waals surface area contributed by atoms with Gasteiger partial charge in [-0.15, -0.1) is 0 Å². The molecule has 4 nitrogen and oxygen atoms in total. The summed E-state index contributed by atoms with van der Waals surface area (Å²) in [5.74, 6) is 0. The number of carbonyl (C=O) groups is 1. The second kappa shape index (κ2) is 5.70. The Morgan fingerprint density at radius 3 is 2.47 bits per heavy atom. The predicted molar refractivity (Wildman–Crippen MR) is 76.2 cm³/mol. The third-order valence-electron chi connectivity index (χ3n) is 4.23. The molecule has 0 radical (unpaired) electrons. The van der Waals surface area contributed by atoms with Crippen LogP contribution in [0.25, 0.3) is 0 Å². The first-order valence-corrected chi connectivity index (χ1v) is 7.59. The van der Waals surface area contributed by atoms with Crippen molar-refractivity contribution in [1.29, 1.82) is 0 Å². The van der Waals surface area contributed by atoms with Crippen molar-refractivity contribution < 1.29 is 9.53 Å². The summed E-state index contributed by atoms with van der Waals surface area (Å²) in [5, 5.41) is 3.42. The van der Waals surface area contributed by atoms with E-state index in [0.29, 0.717) is 5.41 Å². The predicted octanol–water partition coefficient (Wildman–Crippen LogP) is 2.78. The quantitative estimate of drug-likeness (QED) is 0.734. The maximum atomic E-state index is 12.3. The van der Waals surface area contributed by atoms with Gasteiger partial charge in [0.2, 0.25) is 0 Å². The smallest absolute Gasteiger partial charge is 0.410 e. The molecule has 1 N–H and O–H groups in total. The lowest BCUT2D eigenvalue weighted by Crippen LogP contribution is -2.46. The highest BCUT2D eigenvalue weighted by molar-refractivity contribution is 5.68. The number of amides is 1. The van der Waals surface area contributed by atoms with E-state index in [-0.39, 0.29) is 6.09 Å². The molecule has 2 heterocycles. The Hall–Kier alpha value is -0.770. The van der Waals surface area contributed by atoms with Crippen molar-refractivity contribution in [2.45, 2.75) is 58.5 Å². The molecule has 1 spiro atoms. The third-order valence-corrected chi connectivity index (χ3v) is 4.23. The highest BCUT2D eigenvalue weighted by Gasteiger charge is 2.37. The molecule has 0 aromatic rings. The van der Waals surface area contributed by atoms with Crippen molar-refractivity contribution >= 4 is 6.09 Å². The molecule has 2 fully saturated rings. The van der Waals surface area contributed by atoms with Gasteiger partial charge < -0.3 is 15.0 Å². The molecule has 1 amide bonds. The van der Waals surface area contributed by atoms with Crippen LogP contribution in [0.2, 0.25) is 0 Å². The summed E-state index contributed by atoms with van der Waals surface area (Å²) in [7, 11) is 0. The zero-order valence-corrected chi connectivity index (χ0v) is 12.6. The van der Waals surface area contributed by atoms with Crippen LogP contribution >= 0.6 is 0 Å². The number of nitrogens with zero attached hydrogens (tertiary/aromatic N) is 1. The number of hydrogen-bond acceptors (Lipinski definition) is 3. The molecule has 0 bridgehead atoms. The number of likely N-dealkylation sites (tertiary alicyclic amines) is 1. The van der Waals surface area contributed by atoms with Crippen molar-refractivity contribution in [2.24, 2.45) is 5.41 Å². The number of nitrogens with one attached hydrogen (secondary N) is 1. The Bertz CT molecular complexity index is 317. The summed E-state index contributed by atoms with van der Waals surface area (Å²) in [6.45, 7) is 9.70. The Morgan fingerprint density at radius 1 is 1.16 bits per heavy atom. The summed E-state index contributed by atoms with van der Waals surface area (Å²) in [6.07, 6.45) is 5.84. The first-order chi connectivity index (χ1) is 8.90. The number of carbonyl (C=O) groups excluding carboxylic acids is 1. The minimum atomic E-state index is -0.398. The molecule has 0 aromatic heterocycles. The Morgan fingerprint density at radius 2 is 1.84 bits per heavy atom. The van der Waals surface area contributed by atoms with Gasteiger partial charge in [-0.1, -0.05) is 6.42 Å². The Labute approximate surface area is 116 Å². The minimum Gasteiger partial charge on any atom is -0.444 e. The fourth-order valence-corrected chi connectivity index (χ4v) is 3.21. The van der Waals surface area contributed by atoms with Crippen molar-refractivity contribution in [1.82, 2.24) is 10.2 Å². The van der Waals surface area contributed by atoms with Gasteiger partial charge in [0.1, 0.15) is 5.60 Å². The monoisotopic (exact) mass is 268 g/mol. The van der Waals surface area contributed by atoms with E-state index in [9.17, 15) is 4.79 Å². The largest absolute Gasteiger partial charge is 0.444 e. The van der Waals surface area contributed by atoms with E-state index in [2.05, 4.69) is 5.32 Å². The molecule has 19 heavy (non-hydrogen) atoms. The van der Waals surface area contributed by atoms with E-state index in [4.69, 9.17) is 4.74 Å². The van der Waals surface area contributed by atoms with Crippen LogP contribution in [-0.2, 0) is 4.74 Å². The lowest BCUT2D eigenvalue weighted by Gasteiger charge is -2.39. The average Bonchev–Trinajstić information content (AvgIpc) is 2.51. The van der Waals surface area contributed by atoms with Crippen LogP contribution in [0.1, 0.15) is 52.9 Å². The van der Waals surface area contributed by atoms with Crippen LogP contribution in [0.4, 0.5) is 4.79 Å². The summed E-state index contributed by atoms with van der Waals surface area (Å²) in [6, 6.07) is 0. The average molecular weight is 268 g/mol. The Kier molecular flexibility index (Phi) is 4.39. The van der Waals surface area contributed by atoms with Crippen molar-refractivity contribution in [2.75, 3.05) is 26.2 Å². The maximum absolute atomic E-state index is 12.3. The number of piperidine rings is 1. The summed E-state index contributed by atoms with van der Waals surface area (Å²) < 4.78 is 5.54. The molecule has 0 aromatic carbocycles. The first-order valence-electron chi connectivity index (χ1n) is 7.59. The normalized spacial score (nSPS) is 24.1. The summed E-state index contributed by atoms with van der Waals surface area (Å²) in [4.78, 5) is 14.2. The molecular weight excluding hydrogens is 240 g/mol. The molecule has 0 atom stereocenters. The standard InChI is InChI=1S/C15H28N2O2/c1-14(2,3)19-13(18)17-11-5-4-6-15(12-17)7-9-16-10-8-15/h16H,4-12H2,1-3H3. The molecular formula is C15H28N2O2. The van der Waals surface area contributed by atoms with E-state index in [1.165, 1.54) is 25.7 Å². The van der Waals surface area contributed by atoms with E-state index in [0.717, 1.165) is 32.6 Å². The fourth-order valence-electron chi connectivity index (χ4n) is 3.21. The fraction of sp³-hybridized carbons (Fsp3) is 0.933. The zero-order valence-electron chi connectivity index (χ0n) is 12.6. The van der Waals surface area contributed by atoms with Gasteiger partial charge >= 0.3 is 6.09 Å². The van der Waals surface area contributed by atoms with Crippen LogP contribution in [0, 0.1) is 5.41 Å². The van der Waals surface area contributed by atoms with Gasteiger partial charge in [0, 0.05) is 13.1 Å². The van der Waals surface area contributed by atoms with Crippen molar-refractivity contribution in [3.63, 3.8) is 0 Å². The van der Waals surface area contributed by atoms with Gasteiger partial charge in [0.25, 0.3) is 0 Å². The lowest BCUT2D eigenvalue weighted by atomic mass is 9.75. The van der Waals surface area contributed by atoms with Gasteiger partial charge in [-0.3, -0.25) is 0 Å². The van der Waals surface area contributed by atoms with Gasteiger partial charge in [-0.05, 0) is 65.0 Å². The van der Waals surface area contributed by atoms with E-state index in [1.54, 1.807) is 0 Å². The molecule has 2 saturated heterocycles. The SMILES string of the molecule is CC(C)(C)OC(=O)N1CCCCC2(CCNCC2)C1. The topological polar surface area (TPSA) is 41.6 Å². The summed E-state index contributed by atoms with van der Waals surface area (Å²) in [5.41, 5.74) is -0.0661. The van der Waals surface area contributed by atoms with Crippen LogP contribution in [0.3, 0.4) is 0 Å². The Balaban J connectivity index is 2.01. The molecule has 0 unspecified atom stereocenters. The molecule has 110 valence electrons. The molecule has 2 aliphatic heterocycles. The molecule has 2 aliphatic rings. The van der Waals surface area contributed by atoms with Crippen molar-refractivity contribution in [3.8, 4) is 0 Å². The van der Waals surface area contributed by atoms with Crippen LogP contribution in [0.15, 0.2) is 0 Å². The number of rotatable bonds is 0. The first kappa shape index (κ1) is 14.6. The maximum Gasteiger partial charge on any atom is 0.410 e. The van der Waals surface area contributed by atoms with E-state index >= 15 is 0 Å². The van der Waals surface area contributed by atoms with E-state index in [1.807, 2.05) is 25.7 Å². The van der Waals surface area contributed by atoms with Gasteiger partial charge in [0.15, 0.2) is 0 Å². The number of ether oxygens (including phenoxy) is 1. The second-order valence-corrected chi connectivity index (χ2v) is 7.11. The second-order valence-electron chi connectivity index (χ2n) is 7.11. The zero-order chi connectivity index (χ0) is 13.9. The third kappa shape index (κ3) is 4.10. The van der Waals surface area contributed by atoms with Crippen LogP contribution < -0.4 is 5.32 Å². The van der Waals surface area contributed by atoms with Gasteiger partial charge in [-0.2, -0.15) is 0 Å². The van der Waals surface area contributed by atoms with Crippen molar-refractivity contribution in [3.05, 3.63) is 0 Å².